The first-order valence-electron chi connectivity index (χ1n) is 5.98. The molecular formula is C12H17FN2O2S. The van der Waals surface area contributed by atoms with Gasteiger partial charge in [-0.15, -0.1) is 0 Å². The molecule has 0 saturated heterocycles. The molecule has 0 heterocycles. The monoisotopic (exact) mass is 272 g/mol. The molecular weight excluding hydrogens is 255 g/mol. The maximum atomic E-state index is 13.8. The lowest BCUT2D eigenvalue weighted by atomic mass is 9.94. The van der Waals surface area contributed by atoms with Crippen LogP contribution in [0.2, 0.25) is 0 Å². The Balaban J connectivity index is 2.21. The van der Waals surface area contributed by atoms with Crippen LogP contribution in [0.5, 0.6) is 0 Å². The van der Waals surface area contributed by atoms with Gasteiger partial charge in [0.25, 0.3) is 0 Å². The van der Waals surface area contributed by atoms with Gasteiger partial charge in [0.05, 0.1) is 0 Å². The van der Waals surface area contributed by atoms with E-state index in [1.807, 2.05) is 0 Å². The second-order valence-electron chi connectivity index (χ2n) is 4.54. The van der Waals surface area contributed by atoms with Crippen molar-refractivity contribution in [2.45, 2.75) is 36.7 Å². The Morgan fingerprint density at radius 2 is 2.11 bits per heavy atom. The lowest BCUT2D eigenvalue weighted by molar-refractivity contribution is 0.382. The van der Waals surface area contributed by atoms with Gasteiger partial charge in [-0.1, -0.05) is 12.5 Å². The molecule has 1 aliphatic carbocycles. The van der Waals surface area contributed by atoms with E-state index in [1.165, 1.54) is 12.1 Å². The first-order valence-corrected chi connectivity index (χ1v) is 7.46. The van der Waals surface area contributed by atoms with Gasteiger partial charge in [0, 0.05) is 12.6 Å². The van der Waals surface area contributed by atoms with Crippen molar-refractivity contribution in [1.29, 1.82) is 0 Å². The molecule has 1 saturated carbocycles. The van der Waals surface area contributed by atoms with Gasteiger partial charge in [-0.25, -0.2) is 17.5 Å². The third-order valence-electron chi connectivity index (χ3n) is 3.09. The van der Waals surface area contributed by atoms with E-state index in [-0.39, 0.29) is 10.9 Å². The van der Waals surface area contributed by atoms with Crippen molar-refractivity contribution >= 4 is 10.0 Å². The Hall–Kier alpha value is -0.980. The molecule has 0 amide bonds. The van der Waals surface area contributed by atoms with Crippen molar-refractivity contribution in [2.75, 3.05) is 7.05 Å². The lowest BCUT2D eigenvalue weighted by Gasteiger charge is -2.26. The molecule has 6 heteroatoms. The zero-order chi connectivity index (χ0) is 13.2. The molecule has 0 radical (unpaired) electrons. The van der Waals surface area contributed by atoms with E-state index in [2.05, 4.69) is 10.0 Å². The van der Waals surface area contributed by atoms with Gasteiger partial charge in [-0.3, -0.25) is 0 Å². The number of hydrogen-bond donors (Lipinski definition) is 2. The third-order valence-corrected chi connectivity index (χ3v) is 4.65. The van der Waals surface area contributed by atoms with E-state index in [0.717, 1.165) is 24.8 Å². The fraction of sp³-hybridized carbons (Fsp3) is 0.500. The molecule has 100 valence electrons. The van der Waals surface area contributed by atoms with Gasteiger partial charge in [-0.2, -0.15) is 0 Å². The maximum absolute atomic E-state index is 13.8. The number of nitrogens with one attached hydrogen (secondary N) is 2. The van der Waals surface area contributed by atoms with Crippen molar-refractivity contribution in [3.05, 3.63) is 29.6 Å². The largest absolute Gasteiger partial charge is 0.316 e. The average Bonchev–Trinajstić information content (AvgIpc) is 2.24. The van der Waals surface area contributed by atoms with Gasteiger partial charge in [0.2, 0.25) is 10.0 Å². The van der Waals surface area contributed by atoms with Crippen LogP contribution >= 0.6 is 0 Å². The van der Waals surface area contributed by atoms with Gasteiger partial charge in [-0.05, 0) is 37.6 Å². The summed E-state index contributed by atoms with van der Waals surface area (Å²) >= 11 is 0. The van der Waals surface area contributed by atoms with Crippen LogP contribution in [0.25, 0.3) is 0 Å². The first kappa shape index (κ1) is 13.5. The molecule has 1 aromatic rings. The molecule has 2 rings (SSSR count). The number of sulfonamides is 1. The molecule has 1 fully saturated rings. The Morgan fingerprint density at radius 1 is 1.39 bits per heavy atom. The number of benzene rings is 1. The van der Waals surface area contributed by atoms with Crippen molar-refractivity contribution in [2.24, 2.45) is 0 Å². The summed E-state index contributed by atoms with van der Waals surface area (Å²) in [7, 11) is -1.98. The molecule has 0 bridgehead atoms. The SMILES string of the molecule is CNCc1ccc(S(=O)(=O)NC2CCC2)c(F)c1. The predicted molar refractivity (Wildman–Crippen MR) is 67.1 cm³/mol. The zero-order valence-corrected chi connectivity index (χ0v) is 11.1. The Kier molecular flexibility index (Phi) is 3.99. The summed E-state index contributed by atoms with van der Waals surface area (Å²) in [5.41, 5.74) is 0.720. The maximum Gasteiger partial charge on any atom is 0.243 e. The smallest absolute Gasteiger partial charge is 0.243 e. The van der Waals surface area contributed by atoms with Gasteiger partial charge < -0.3 is 5.32 Å². The van der Waals surface area contributed by atoms with Gasteiger partial charge in [0.15, 0.2) is 0 Å². The third kappa shape index (κ3) is 2.88. The molecule has 4 nitrogen and oxygen atoms in total. The highest BCUT2D eigenvalue weighted by molar-refractivity contribution is 7.89. The van der Waals surface area contributed by atoms with E-state index in [1.54, 1.807) is 13.1 Å². The molecule has 0 spiro atoms. The van der Waals surface area contributed by atoms with Crippen LogP contribution in [0.1, 0.15) is 24.8 Å². The Labute approximate surface area is 107 Å². The quantitative estimate of drug-likeness (QED) is 0.851. The highest BCUT2D eigenvalue weighted by Gasteiger charge is 2.26. The molecule has 2 N–H and O–H groups in total. The normalized spacial score (nSPS) is 16.6. The molecule has 1 aromatic carbocycles. The summed E-state index contributed by atoms with van der Waals surface area (Å²) in [4.78, 5) is -0.269. The van der Waals surface area contributed by atoms with E-state index in [0.29, 0.717) is 6.54 Å². The first-order chi connectivity index (χ1) is 8.53. The minimum absolute atomic E-state index is 0.0358. The molecule has 1 aliphatic rings. The summed E-state index contributed by atoms with van der Waals surface area (Å²) in [6.45, 7) is 0.507. The van der Waals surface area contributed by atoms with Crippen molar-refractivity contribution in [1.82, 2.24) is 10.0 Å². The van der Waals surface area contributed by atoms with Crippen LogP contribution in [0, 0.1) is 5.82 Å². The Bertz CT molecular complexity index is 527. The topological polar surface area (TPSA) is 58.2 Å². The lowest BCUT2D eigenvalue weighted by Crippen LogP contribution is -2.39. The second kappa shape index (κ2) is 5.34. The van der Waals surface area contributed by atoms with Crippen LogP contribution in [-0.2, 0) is 16.6 Å². The van der Waals surface area contributed by atoms with Crippen LogP contribution in [-0.4, -0.2) is 21.5 Å². The van der Waals surface area contributed by atoms with Gasteiger partial charge >= 0.3 is 0 Å². The van der Waals surface area contributed by atoms with Crippen molar-refractivity contribution < 1.29 is 12.8 Å². The minimum Gasteiger partial charge on any atom is -0.316 e. The summed E-state index contributed by atoms with van der Waals surface area (Å²) in [6.07, 6.45) is 2.69. The number of halogens is 1. The van der Waals surface area contributed by atoms with Crippen LogP contribution in [0.4, 0.5) is 4.39 Å². The van der Waals surface area contributed by atoms with E-state index < -0.39 is 15.8 Å². The summed E-state index contributed by atoms with van der Waals surface area (Å²) < 4.78 is 40.2. The number of hydrogen-bond acceptors (Lipinski definition) is 3. The molecule has 18 heavy (non-hydrogen) atoms. The minimum atomic E-state index is -3.73. The highest BCUT2D eigenvalue weighted by Crippen LogP contribution is 2.22. The molecule has 0 atom stereocenters. The standard InChI is InChI=1S/C12H17FN2O2S/c1-14-8-9-5-6-12(11(13)7-9)18(16,17)15-10-3-2-4-10/h5-7,10,14-15H,2-4,8H2,1H3. The average molecular weight is 272 g/mol. The van der Waals surface area contributed by atoms with Crippen LogP contribution in [0.15, 0.2) is 23.1 Å². The summed E-state index contributed by atoms with van der Waals surface area (Å²) in [5.74, 6) is -0.699. The molecule has 0 unspecified atom stereocenters. The summed E-state index contributed by atoms with van der Waals surface area (Å²) in [5, 5.41) is 2.89. The van der Waals surface area contributed by atoms with Gasteiger partial charge in [0.1, 0.15) is 10.7 Å². The number of rotatable bonds is 5. The fourth-order valence-corrected chi connectivity index (χ4v) is 3.25. The fourth-order valence-electron chi connectivity index (χ4n) is 1.89. The van der Waals surface area contributed by atoms with E-state index in [4.69, 9.17) is 0 Å². The van der Waals surface area contributed by atoms with Crippen molar-refractivity contribution in [3.8, 4) is 0 Å². The molecule has 0 aromatic heterocycles. The highest BCUT2D eigenvalue weighted by atomic mass is 32.2. The van der Waals surface area contributed by atoms with E-state index in [9.17, 15) is 12.8 Å². The second-order valence-corrected chi connectivity index (χ2v) is 6.23. The van der Waals surface area contributed by atoms with Crippen LogP contribution < -0.4 is 10.0 Å². The summed E-state index contributed by atoms with van der Waals surface area (Å²) in [6, 6.07) is 4.16. The predicted octanol–water partition coefficient (Wildman–Crippen LogP) is 1.38. The van der Waals surface area contributed by atoms with E-state index >= 15 is 0 Å². The van der Waals surface area contributed by atoms with Crippen LogP contribution in [0.3, 0.4) is 0 Å². The molecule has 0 aliphatic heterocycles. The Morgan fingerprint density at radius 3 is 2.61 bits per heavy atom. The zero-order valence-electron chi connectivity index (χ0n) is 10.2. The van der Waals surface area contributed by atoms with Crippen molar-refractivity contribution in [3.63, 3.8) is 0 Å².